The summed E-state index contributed by atoms with van der Waals surface area (Å²) < 4.78 is 0. The highest BCUT2D eigenvalue weighted by Gasteiger charge is 2.24. The molecule has 1 atom stereocenters. The van der Waals surface area contributed by atoms with Gasteiger partial charge in [-0.25, -0.2) is 0 Å². The van der Waals surface area contributed by atoms with E-state index in [-0.39, 0.29) is 5.91 Å². The molecule has 72 valence electrons. The number of likely N-dealkylation sites (N-methyl/N-ethyl adjacent to an activating group) is 1. The highest BCUT2D eigenvalue weighted by Crippen LogP contribution is 1.99. The molecule has 4 nitrogen and oxygen atoms in total. The normalized spacial score (nSPS) is 14.1. The summed E-state index contributed by atoms with van der Waals surface area (Å²) in [5, 5.41) is 14.4. The van der Waals surface area contributed by atoms with E-state index in [1.807, 2.05) is 0 Å². The summed E-state index contributed by atoms with van der Waals surface area (Å²) in [6.07, 6.45) is -0.499. The second-order valence-corrected chi connectivity index (χ2v) is 3.43. The van der Waals surface area contributed by atoms with Crippen molar-refractivity contribution in [2.24, 2.45) is 0 Å². The van der Waals surface area contributed by atoms with Gasteiger partial charge in [-0.15, -0.1) is 0 Å². The molecule has 0 heterocycles. The number of aliphatic hydroxyl groups is 1. The van der Waals surface area contributed by atoms with E-state index in [2.05, 4.69) is 10.6 Å². The van der Waals surface area contributed by atoms with Gasteiger partial charge in [0.05, 0.1) is 11.6 Å². The molecule has 0 rings (SSSR count). The molecule has 0 aliphatic carbocycles. The largest absolute Gasteiger partial charge is 0.392 e. The summed E-state index contributed by atoms with van der Waals surface area (Å²) in [4.78, 5) is 11.3. The molecule has 3 N–H and O–H groups in total. The Hall–Kier alpha value is -0.610. The average Bonchev–Trinajstić information content (AvgIpc) is 2.00. The average molecular weight is 174 g/mol. The third-order valence-corrected chi connectivity index (χ3v) is 1.75. The maximum atomic E-state index is 11.3. The summed E-state index contributed by atoms with van der Waals surface area (Å²) in [5.41, 5.74) is -0.575. The predicted octanol–water partition coefficient (Wildman–Crippen LogP) is -0.519. The van der Waals surface area contributed by atoms with Gasteiger partial charge in [-0.2, -0.15) is 0 Å². The lowest BCUT2D eigenvalue weighted by Gasteiger charge is -2.23. The molecule has 0 fully saturated rings. The monoisotopic (exact) mass is 174 g/mol. The minimum atomic E-state index is -0.575. The van der Waals surface area contributed by atoms with Crippen molar-refractivity contribution < 1.29 is 9.90 Å². The molecule has 0 aliphatic heterocycles. The maximum absolute atomic E-state index is 11.3. The van der Waals surface area contributed by atoms with Crippen LogP contribution < -0.4 is 10.6 Å². The van der Waals surface area contributed by atoms with Crippen molar-refractivity contribution in [1.29, 1.82) is 0 Å². The molecule has 0 spiro atoms. The third kappa shape index (κ3) is 3.69. The van der Waals surface area contributed by atoms with Crippen molar-refractivity contribution in [2.45, 2.75) is 32.4 Å². The van der Waals surface area contributed by atoms with Crippen molar-refractivity contribution in [3.8, 4) is 0 Å². The quantitative estimate of drug-likeness (QED) is 0.537. The smallest absolute Gasteiger partial charge is 0.239 e. The summed E-state index contributed by atoms with van der Waals surface area (Å²) in [5.74, 6) is -0.106. The van der Waals surface area contributed by atoms with E-state index in [0.717, 1.165) is 0 Å². The number of carbonyl (C=O) groups is 1. The van der Waals surface area contributed by atoms with Crippen LogP contribution in [0.2, 0.25) is 0 Å². The van der Waals surface area contributed by atoms with Crippen LogP contribution in [-0.2, 0) is 4.79 Å². The number of rotatable bonds is 4. The minimum Gasteiger partial charge on any atom is -0.392 e. The lowest BCUT2D eigenvalue weighted by Crippen LogP contribution is -2.52. The highest BCUT2D eigenvalue weighted by molar-refractivity contribution is 5.85. The van der Waals surface area contributed by atoms with Crippen LogP contribution in [0, 0.1) is 0 Å². The van der Waals surface area contributed by atoms with E-state index in [1.54, 1.807) is 27.8 Å². The van der Waals surface area contributed by atoms with Gasteiger partial charge < -0.3 is 15.7 Å². The Kier molecular flexibility index (Phi) is 4.20. The molecular formula is C8H18N2O2. The zero-order valence-electron chi connectivity index (χ0n) is 8.14. The van der Waals surface area contributed by atoms with E-state index in [4.69, 9.17) is 5.11 Å². The van der Waals surface area contributed by atoms with E-state index in [0.29, 0.717) is 6.54 Å². The predicted molar refractivity (Wildman–Crippen MR) is 47.8 cm³/mol. The van der Waals surface area contributed by atoms with Crippen LogP contribution >= 0.6 is 0 Å². The Balaban J connectivity index is 3.88. The summed E-state index contributed by atoms with van der Waals surface area (Å²) in [7, 11) is 1.72. The Morgan fingerprint density at radius 2 is 2.08 bits per heavy atom. The molecule has 1 amide bonds. The lowest BCUT2D eigenvalue weighted by molar-refractivity contribution is -0.126. The second kappa shape index (κ2) is 4.42. The molecule has 0 saturated carbocycles. The van der Waals surface area contributed by atoms with Gasteiger partial charge >= 0.3 is 0 Å². The molecule has 0 aliphatic rings. The van der Waals surface area contributed by atoms with Gasteiger partial charge in [0.1, 0.15) is 0 Å². The summed E-state index contributed by atoms with van der Waals surface area (Å²) in [6, 6.07) is 0. The van der Waals surface area contributed by atoms with Crippen LogP contribution in [0.15, 0.2) is 0 Å². The highest BCUT2D eigenvalue weighted by atomic mass is 16.3. The van der Waals surface area contributed by atoms with Gasteiger partial charge in [-0.3, -0.25) is 4.79 Å². The van der Waals surface area contributed by atoms with E-state index in [1.165, 1.54) is 0 Å². The first kappa shape index (κ1) is 11.4. The van der Waals surface area contributed by atoms with Crippen LogP contribution in [0.25, 0.3) is 0 Å². The zero-order valence-corrected chi connectivity index (χ0v) is 8.14. The molecule has 0 aromatic rings. The summed E-state index contributed by atoms with van der Waals surface area (Å²) in [6.45, 7) is 5.49. The molecule has 12 heavy (non-hydrogen) atoms. The zero-order chi connectivity index (χ0) is 9.78. The van der Waals surface area contributed by atoms with Crippen LogP contribution in [0.4, 0.5) is 0 Å². The minimum absolute atomic E-state index is 0.106. The molecule has 0 aromatic heterocycles. The Morgan fingerprint density at radius 1 is 1.58 bits per heavy atom. The fourth-order valence-electron chi connectivity index (χ4n) is 0.575. The van der Waals surface area contributed by atoms with Crippen LogP contribution in [-0.4, -0.2) is 36.2 Å². The Labute approximate surface area is 73.3 Å². The molecule has 0 radical (unpaired) electrons. The van der Waals surface area contributed by atoms with Gasteiger partial charge in [-0.1, -0.05) is 0 Å². The molecule has 0 unspecified atom stereocenters. The number of carbonyl (C=O) groups excluding carboxylic acids is 1. The first-order valence-corrected chi connectivity index (χ1v) is 4.05. The fraction of sp³-hybridized carbons (Fsp3) is 0.875. The molecule has 4 heteroatoms. The molecule has 0 saturated heterocycles. The standard InChI is InChI=1S/C8H18N2O2/c1-6(11)5-10-7(12)8(2,3)9-4/h6,9,11H,5H2,1-4H3,(H,10,12)/t6-/m1/s1. The Morgan fingerprint density at radius 3 is 2.42 bits per heavy atom. The van der Waals surface area contributed by atoms with Gasteiger partial charge in [0, 0.05) is 6.54 Å². The Bertz CT molecular complexity index is 155. The summed E-state index contributed by atoms with van der Waals surface area (Å²) >= 11 is 0. The SMILES string of the molecule is CNC(C)(C)C(=O)NC[C@@H](C)O. The van der Waals surface area contributed by atoms with Gasteiger partial charge in [0.2, 0.25) is 5.91 Å². The number of hydrogen-bond donors (Lipinski definition) is 3. The second-order valence-electron chi connectivity index (χ2n) is 3.43. The van der Waals surface area contributed by atoms with Gasteiger partial charge in [0.25, 0.3) is 0 Å². The first-order valence-electron chi connectivity index (χ1n) is 4.05. The van der Waals surface area contributed by atoms with Gasteiger partial charge in [0.15, 0.2) is 0 Å². The van der Waals surface area contributed by atoms with Crippen molar-refractivity contribution in [1.82, 2.24) is 10.6 Å². The first-order chi connectivity index (χ1) is 5.40. The maximum Gasteiger partial charge on any atom is 0.239 e. The van der Waals surface area contributed by atoms with E-state index < -0.39 is 11.6 Å². The third-order valence-electron chi connectivity index (χ3n) is 1.75. The number of amides is 1. The topological polar surface area (TPSA) is 61.4 Å². The van der Waals surface area contributed by atoms with Crippen molar-refractivity contribution in [3.63, 3.8) is 0 Å². The van der Waals surface area contributed by atoms with Crippen molar-refractivity contribution in [2.75, 3.05) is 13.6 Å². The van der Waals surface area contributed by atoms with E-state index >= 15 is 0 Å². The van der Waals surface area contributed by atoms with Crippen LogP contribution in [0.1, 0.15) is 20.8 Å². The van der Waals surface area contributed by atoms with Crippen molar-refractivity contribution in [3.05, 3.63) is 0 Å². The molecule has 0 aromatic carbocycles. The van der Waals surface area contributed by atoms with Crippen molar-refractivity contribution >= 4 is 5.91 Å². The fourth-order valence-corrected chi connectivity index (χ4v) is 0.575. The lowest BCUT2D eigenvalue weighted by atomic mass is 10.1. The van der Waals surface area contributed by atoms with Gasteiger partial charge in [-0.05, 0) is 27.8 Å². The number of hydrogen-bond acceptors (Lipinski definition) is 3. The number of nitrogens with one attached hydrogen (secondary N) is 2. The molecule has 0 bridgehead atoms. The molecular weight excluding hydrogens is 156 g/mol. The van der Waals surface area contributed by atoms with Crippen LogP contribution in [0.3, 0.4) is 0 Å². The van der Waals surface area contributed by atoms with E-state index in [9.17, 15) is 4.79 Å². The van der Waals surface area contributed by atoms with Crippen LogP contribution in [0.5, 0.6) is 0 Å². The number of aliphatic hydroxyl groups excluding tert-OH is 1.